The van der Waals surface area contributed by atoms with Crippen molar-refractivity contribution in [2.75, 3.05) is 44.7 Å². The number of hydrogen-bond acceptors (Lipinski definition) is 8. The van der Waals surface area contributed by atoms with E-state index in [2.05, 4.69) is 29.6 Å². The minimum Gasteiger partial charge on any atom is -0.475 e. The number of methoxy groups -OCH3 is 1. The van der Waals surface area contributed by atoms with Crippen molar-refractivity contribution >= 4 is 28.3 Å². The smallest absolute Gasteiger partial charge is 0.231 e. The van der Waals surface area contributed by atoms with Crippen LogP contribution >= 0.6 is 0 Å². The minimum absolute atomic E-state index is 0.130. The van der Waals surface area contributed by atoms with Crippen LogP contribution in [0.15, 0.2) is 53.6 Å². The molecule has 0 bridgehead atoms. The lowest BCUT2D eigenvalue weighted by molar-refractivity contribution is -0.118. The van der Waals surface area contributed by atoms with E-state index in [1.807, 2.05) is 77.0 Å². The quantitative estimate of drug-likeness (QED) is 0.112. The summed E-state index contributed by atoms with van der Waals surface area (Å²) in [7, 11) is 1.83. The normalized spacial score (nSPS) is 13.8. The zero-order chi connectivity index (χ0) is 37.5. The Morgan fingerprint density at radius 3 is 2.24 bits per heavy atom. The zero-order valence-electron chi connectivity index (χ0n) is 32.0. The Labute approximate surface area is 299 Å². The van der Waals surface area contributed by atoms with Crippen LogP contribution < -0.4 is 27.1 Å². The second kappa shape index (κ2) is 25.5. The van der Waals surface area contributed by atoms with Gasteiger partial charge in [-0.1, -0.05) is 85.1 Å². The number of nitrogen functional groups attached to an aromatic ring is 1. The second-order valence-corrected chi connectivity index (χ2v) is 12.4. The Hall–Kier alpha value is -3.51. The predicted molar refractivity (Wildman–Crippen MR) is 207 cm³/mol. The highest BCUT2D eigenvalue weighted by Gasteiger charge is 2.26. The molecule has 11 heteroatoms. The molecule has 3 aromatic rings. The number of amides is 1. The van der Waals surface area contributed by atoms with Gasteiger partial charge in [-0.15, -0.1) is 0 Å². The number of primary amides is 1. The van der Waals surface area contributed by atoms with Crippen molar-refractivity contribution in [3.8, 4) is 5.88 Å². The average molecular weight is 701 g/mol. The Balaban J connectivity index is 0.00000168. The molecule has 1 amide bonds. The van der Waals surface area contributed by atoms with Crippen molar-refractivity contribution < 1.29 is 18.5 Å². The number of fused-ring (bicyclic) bond motifs is 1. The summed E-state index contributed by atoms with van der Waals surface area (Å²) in [6.07, 6.45) is 5.84. The largest absolute Gasteiger partial charge is 0.475 e. The number of ether oxygens (including phenoxy) is 2. The highest BCUT2D eigenvalue weighted by molar-refractivity contribution is 7.82. The first-order chi connectivity index (χ1) is 23.5. The van der Waals surface area contributed by atoms with Gasteiger partial charge in [-0.2, -0.15) is 0 Å². The number of hydrogen-bond donors (Lipinski definition) is 3. The summed E-state index contributed by atoms with van der Waals surface area (Å²) in [4.78, 5) is 16.9. The number of nitrogens with two attached hydrogens (primary N) is 3. The summed E-state index contributed by atoms with van der Waals surface area (Å²) in [5, 5.41) is 1.60. The number of unbranched alkanes of at least 4 members (excludes halogenated alkanes) is 2. The van der Waals surface area contributed by atoms with Gasteiger partial charge in [0.25, 0.3) is 0 Å². The molecule has 276 valence electrons. The second-order valence-electron chi connectivity index (χ2n) is 10.9. The molecule has 0 aliphatic carbocycles. The van der Waals surface area contributed by atoms with Gasteiger partial charge in [0, 0.05) is 52.4 Å². The summed E-state index contributed by atoms with van der Waals surface area (Å²) >= 11 is 0. The number of nitrogens with zero attached hydrogens (tertiary/aromatic N) is 3. The lowest BCUT2D eigenvalue weighted by Crippen LogP contribution is -2.31. The lowest BCUT2D eigenvalue weighted by Gasteiger charge is -2.25. The van der Waals surface area contributed by atoms with E-state index < -0.39 is 16.9 Å². The van der Waals surface area contributed by atoms with E-state index in [1.165, 1.54) is 19.3 Å². The first kappa shape index (κ1) is 45.5. The molecule has 0 saturated heterocycles. The van der Waals surface area contributed by atoms with Crippen LogP contribution in [0.25, 0.3) is 0 Å². The molecule has 1 aliphatic rings. The van der Waals surface area contributed by atoms with E-state index >= 15 is 0 Å². The molecule has 0 spiro atoms. The summed E-state index contributed by atoms with van der Waals surface area (Å²) in [6.45, 7) is 20.3. The van der Waals surface area contributed by atoms with Gasteiger partial charge in [0.15, 0.2) is 0 Å². The molecule has 4 rings (SSSR count). The molecule has 0 saturated carbocycles. The molecule has 1 aliphatic heterocycles. The van der Waals surface area contributed by atoms with Crippen molar-refractivity contribution in [3.63, 3.8) is 0 Å². The maximum atomic E-state index is 13.4. The fourth-order valence-electron chi connectivity index (χ4n) is 4.98. The number of anilines is 2. The van der Waals surface area contributed by atoms with Crippen LogP contribution in [0.5, 0.6) is 5.88 Å². The third kappa shape index (κ3) is 14.1. The maximum absolute atomic E-state index is 13.4. The molecule has 2 heterocycles. The van der Waals surface area contributed by atoms with Gasteiger partial charge >= 0.3 is 0 Å². The van der Waals surface area contributed by atoms with Crippen LogP contribution in [0, 0.1) is 13.8 Å². The number of aryl methyl sites for hydroxylation is 1. The van der Waals surface area contributed by atoms with Crippen LogP contribution in [-0.2, 0) is 27.1 Å². The predicted octanol–water partition coefficient (Wildman–Crippen LogP) is 7.42. The van der Waals surface area contributed by atoms with Crippen LogP contribution in [0.1, 0.15) is 108 Å². The molecule has 2 aromatic carbocycles. The fraction of sp³-hybridized carbons (Fsp3) is 0.526. The van der Waals surface area contributed by atoms with Gasteiger partial charge in [0.1, 0.15) is 22.5 Å². The molecule has 0 radical (unpaired) electrons. The number of carbonyl (C=O) groups is 1. The SMILES string of the molecule is CC.CC.CCCCC.CCN(N)c1ccc(C(CC(N)=O)c2ccc(C)c(CN3CCOc4ncccc4S3=O)c2)c(C)c1N.COC. The molecule has 10 nitrogen and oxygen atoms in total. The van der Waals surface area contributed by atoms with Crippen molar-refractivity contribution in [1.82, 2.24) is 9.29 Å². The van der Waals surface area contributed by atoms with Crippen molar-refractivity contribution in [1.29, 1.82) is 0 Å². The Morgan fingerprint density at radius 2 is 1.69 bits per heavy atom. The lowest BCUT2D eigenvalue weighted by atomic mass is 9.84. The molecule has 1 aromatic heterocycles. The Bertz CT molecular complexity index is 1400. The summed E-state index contributed by atoms with van der Waals surface area (Å²) in [5.41, 5.74) is 18.3. The van der Waals surface area contributed by atoms with Crippen molar-refractivity contribution in [2.24, 2.45) is 11.6 Å². The number of benzene rings is 2. The average Bonchev–Trinajstić information content (AvgIpc) is 3.26. The molecule has 2 atom stereocenters. The monoisotopic (exact) mass is 700 g/mol. The highest BCUT2D eigenvalue weighted by atomic mass is 32.2. The number of hydrazine groups is 1. The van der Waals surface area contributed by atoms with E-state index in [0.29, 0.717) is 42.7 Å². The third-order valence-electron chi connectivity index (χ3n) is 7.53. The Kier molecular flexibility index (Phi) is 23.6. The summed E-state index contributed by atoms with van der Waals surface area (Å²) in [6, 6.07) is 13.5. The highest BCUT2D eigenvalue weighted by Crippen LogP contribution is 2.37. The van der Waals surface area contributed by atoms with Crippen LogP contribution in [0.4, 0.5) is 11.4 Å². The van der Waals surface area contributed by atoms with Gasteiger partial charge in [0.2, 0.25) is 11.8 Å². The number of carbonyl (C=O) groups excluding carboxylic acids is 1. The van der Waals surface area contributed by atoms with Crippen molar-refractivity contribution in [3.05, 3.63) is 76.5 Å². The molecular formula is C38H64N6O4S. The van der Waals surface area contributed by atoms with Crippen LogP contribution in [0.2, 0.25) is 0 Å². The molecule has 49 heavy (non-hydrogen) atoms. The fourth-order valence-corrected chi connectivity index (χ4v) is 6.21. The van der Waals surface area contributed by atoms with E-state index in [9.17, 15) is 9.00 Å². The summed E-state index contributed by atoms with van der Waals surface area (Å²) in [5.74, 6) is 5.81. The number of aromatic nitrogens is 1. The van der Waals surface area contributed by atoms with E-state index in [4.69, 9.17) is 22.0 Å². The standard InChI is InChI=1S/C27H34N6O3S.C5H12.C2H6O.2C2H6/c1-4-33(30)23-10-9-21(18(3)26(23)29)22(15-25(28)34)19-8-7-17(2)20(14-19)16-32-12-13-36-27-24(37(32)35)6-5-11-31-27;1-3-5-4-2;1-3-2;2*1-2/h5-11,14,22H,4,12-13,15-16,29-30H2,1-3H3,(H2,28,34);3-5H2,1-2H3;1-2H3;2*1-2H3. The number of rotatable bonds is 10. The zero-order valence-corrected chi connectivity index (χ0v) is 32.8. The van der Waals surface area contributed by atoms with Gasteiger partial charge < -0.3 is 25.9 Å². The van der Waals surface area contributed by atoms with E-state index in [-0.39, 0.29) is 12.3 Å². The molecule has 0 fully saturated rings. The van der Waals surface area contributed by atoms with Crippen molar-refractivity contribution in [2.45, 2.75) is 105 Å². The molecular weight excluding hydrogens is 637 g/mol. The van der Waals surface area contributed by atoms with Gasteiger partial charge in [-0.25, -0.2) is 19.3 Å². The number of pyridine rings is 1. The van der Waals surface area contributed by atoms with E-state index in [0.717, 1.165) is 33.5 Å². The Morgan fingerprint density at radius 1 is 1.06 bits per heavy atom. The van der Waals surface area contributed by atoms with E-state index in [1.54, 1.807) is 37.6 Å². The molecule has 2 unspecified atom stereocenters. The summed E-state index contributed by atoms with van der Waals surface area (Å²) < 4.78 is 25.2. The van der Waals surface area contributed by atoms with Gasteiger partial charge in [-0.05, 0) is 66.8 Å². The third-order valence-corrected chi connectivity index (χ3v) is 9.00. The van der Waals surface area contributed by atoms with Crippen LogP contribution in [0.3, 0.4) is 0 Å². The van der Waals surface area contributed by atoms with Gasteiger partial charge in [0.05, 0.1) is 11.4 Å². The molecule has 6 N–H and O–H groups in total. The maximum Gasteiger partial charge on any atom is 0.231 e. The first-order valence-corrected chi connectivity index (χ1v) is 18.6. The minimum atomic E-state index is -1.42. The first-order valence-electron chi connectivity index (χ1n) is 17.5. The van der Waals surface area contributed by atoms with Crippen LogP contribution in [-0.4, -0.2) is 53.3 Å². The topological polar surface area (TPSA) is 150 Å². The van der Waals surface area contributed by atoms with Gasteiger partial charge in [-0.3, -0.25) is 4.79 Å².